The van der Waals surface area contributed by atoms with Crippen molar-refractivity contribution in [1.82, 2.24) is 10.2 Å². The summed E-state index contributed by atoms with van der Waals surface area (Å²) in [5.74, 6) is 0.742. The lowest BCUT2D eigenvalue weighted by Crippen LogP contribution is -2.48. The van der Waals surface area contributed by atoms with Gasteiger partial charge in [0.15, 0.2) is 0 Å². The summed E-state index contributed by atoms with van der Waals surface area (Å²) in [5, 5.41) is 4.36. The summed E-state index contributed by atoms with van der Waals surface area (Å²) >= 11 is 11.9. The largest absolute Gasteiger partial charge is 0.340 e. The molecule has 2 atom stereocenters. The highest BCUT2D eigenvalue weighted by Gasteiger charge is 2.26. The standard InChI is InChI=1S/C15H20Cl2N2O/c1-10-5-6-18-14(7-10)15(20)19(2)9-11-3-4-12(16)13(17)8-11/h3-4,8,10,14,18H,5-7,9H2,1-2H3. The van der Waals surface area contributed by atoms with Gasteiger partial charge in [0.2, 0.25) is 5.91 Å². The first-order valence-electron chi connectivity index (χ1n) is 6.89. The molecule has 1 aromatic carbocycles. The zero-order chi connectivity index (χ0) is 14.7. The van der Waals surface area contributed by atoms with Gasteiger partial charge in [0.1, 0.15) is 0 Å². The first-order valence-corrected chi connectivity index (χ1v) is 7.65. The van der Waals surface area contributed by atoms with Gasteiger partial charge in [0.05, 0.1) is 16.1 Å². The molecule has 1 saturated heterocycles. The second kappa shape index (κ2) is 6.79. The summed E-state index contributed by atoms with van der Waals surface area (Å²) in [5.41, 5.74) is 0.985. The van der Waals surface area contributed by atoms with Crippen molar-refractivity contribution < 1.29 is 4.79 Å². The lowest BCUT2D eigenvalue weighted by molar-refractivity contribution is -0.133. The molecular weight excluding hydrogens is 295 g/mol. The minimum Gasteiger partial charge on any atom is -0.340 e. The van der Waals surface area contributed by atoms with Crippen LogP contribution in [0.3, 0.4) is 0 Å². The number of halogens is 2. The van der Waals surface area contributed by atoms with Crippen molar-refractivity contribution in [2.75, 3.05) is 13.6 Å². The summed E-state index contributed by atoms with van der Waals surface area (Å²) in [6.45, 7) is 3.65. The van der Waals surface area contributed by atoms with Crippen LogP contribution in [0.5, 0.6) is 0 Å². The highest BCUT2D eigenvalue weighted by molar-refractivity contribution is 6.42. The molecule has 110 valence electrons. The van der Waals surface area contributed by atoms with Crippen molar-refractivity contribution in [2.24, 2.45) is 5.92 Å². The van der Waals surface area contributed by atoms with E-state index in [0.29, 0.717) is 22.5 Å². The van der Waals surface area contributed by atoms with Crippen LogP contribution in [-0.2, 0) is 11.3 Å². The Labute approximate surface area is 130 Å². The van der Waals surface area contributed by atoms with Crippen molar-refractivity contribution in [1.29, 1.82) is 0 Å². The molecule has 0 aliphatic carbocycles. The third kappa shape index (κ3) is 3.87. The monoisotopic (exact) mass is 314 g/mol. The Morgan fingerprint density at radius 2 is 2.15 bits per heavy atom. The molecule has 20 heavy (non-hydrogen) atoms. The predicted molar refractivity (Wildman–Crippen MR) is 83.1 cm³/mol. The molecule has 0 spiro atoms. The number of amides is 1. The summed E-state index contributed by atoms with van der Waals surface area (Å²) in [4.78, 5) is 14.1. The van der Waals surface area contributed by atoms with Crippen molar-refractivity contribution in [3.05, 3.63) is 33.8 Å². The maximum absolute atomic E-state index is 12.4. The molecule has 5 heteroatoms. The van der Waals surface area contributed by atoms with Gasteiger partial charge in [-0.1, -0.05) is 36.2 Å². The summed E-state index contributed by atoms with van der Waals surface area (Å²) in [6, 6.07) is 5.41. The van der Waals surface area contributed by atoms with E-state index in [1.54, 1.807) is 11.0 Å². The van der Waals surface area contributed by atoms with Gasteiger partial charge in [-0.3, -0.25) is 4.79 Å². The molecule has 1 aliphatic rings. The molecule has 0 aromatic heterocycles. The van der Waals surface area contributed by atoms with E-state index in [1.807, 2.05) is 19.2 Å². The van der Waals surface area contributed by atoms with Crippen LogP contribution in [0.1, 0.15) is 25.3 Å². The first kappa shape index (κ1) is 15.6. The zero-order valence-electron chi connectivity index (χ0n) is 11.8. The third-order valence-electron chi connectivity index (χ3n) is 3.74. The van der Waals surface area contributed by atoms with Crippen molar-refractivity contribution in [3.8, 4) is 0 Å². The summed E-state index contributed by atoms with van der Waals surface area (Å²) < 4.78 is 0. The Morgan fingerprint density at radius 3 is 2.80 bits per heavy atom. The van der Waals surface area contributed by atoms with Crippen molar-refractivity contribution >= 4 is 29.1 Å². The van der Waals surface area contributed by atoms with Crippen LogP contribution in [0, 0.1) is 5.92 Å². The van der Waals surface area contributed by atoms with Crippen LogP contribution >= 0.6 is 23.2 Å². The molecule has 1 fully saturated rings. The van der Waals surface area contributed by atoms with E-state index in [0.717, 1.165) is 24.9 Å². The molecule has 1 aliphatic heterocycles. The van der Waals surface area contributed by atoms with Crippen molar-refractivity contribution in [2.45, 2.75) is 32.4 Å². The number of likely N-dealkylation sites (N-methyl/N-ethyl adjacent to an activating group) is 1. The fraction of sp³-hybridized carbons (Fsp3) is 0.533. The fourth-order valence-electron chi connectivity index (χ4n) is 2.55. The van der Waals surface area contributed by atoms with E-state index in [9.17, 15) is 4.79 Å². The molecule has 1 amide bonds. The highest BCUT2D eigenvalue weighted by atomic mass is 35.5. The van der Waals surface area contributed by atoms with E-state index in [2.05, 4.69) is 12.2 Å². The fourth-order valence-corrected chi connectivity index (χ4v) is 2.87. The lowest BCUT2D eigenvalue weighted by atomic mass is 9.93. The Balaban J connectivity index is 1.98. The van der Waals surface area contributed by atoms with Crippen LogP contribution < -0.4 is 5.32 Å². The number of carbonyl (C=O) groups is 1. The number of hydrogen-bond donors (Lipinski definition) is 1. The third-order valence-corrected chi connectivity index (χ3v) is 4.48. The van der Waals surface area contributed by atoms with Crippen LogP contribution in [-0.4, -0.2) is 30.4 Å². The average Bonchev–Trinajstić information content (AvgIpc) is 2.42. The average molecular weight is 315 g/mol. The van der Waals surface area contributed by atoms with Gasteiger partial charge in [-0.25, -0.2) is 0 Å². The second-order valence-corrected chi connectivity index (χ2v) is 6.39. The van der Waals surface area contributed by atoms with E-state index < -0.39 is 0 Å². The minimum atomic E-state index is -0.0634. The topological polar surface area (TPSA) is 32.3 Å². The van der Waals surface area contributed by atoms with Crippen LogP contribution in [0.4, 0.5) is 0 Å². The maximum Gasteiger partial charge on any atom is 0.239 e. The van der Waals surface area contributed by atoms with Gasteiger partial charge >= 0.3 is 0 Å². The van der Waals surface area contributed by atoms with E-state index in [4.69, 9.17) is 23.2 Å². The Kier molecular flexibility index (Phi) is 5.30. The number of carbonyl (C=O) groups excluding carboxylic acids is 1. The molecule has 1 heterocycles. The molecular formula is C15H20Cl2N2O. The van der Waals surface area contributed by atoms with Gasteiger partial charge in [0, 0.05) is 13.6 Å². The summed E-state index contributed by atoms with van der Waals surface area (Å²) in [7, 11) is 1.83. The number of benzene rings is 1. The molecule has 3 nitrogen and oxygen atoms in total. The van der Waals surface area contributed by atoms with Gasteiger partial charge in [-0.15, -0.1) is 0 Å². The predicted octanol–water partition coefficient (Wildman–Crippen LogP) is 3.34. The Morgan fingerprint density at radius 1 is 1.40 bits per heavy atom. The van der Waals surface area contributed by atoms with E-state index in [1.165, 1.54) is 0 Å². The number of hydrogen-bond acceptors (Lipinski definition) is 2. The van der Waals surface area contributed by atoms with E-state index >= 15 is 0 Å². The molecule has 0 bridgehead atoms. The summed E-state index contributed by atoms with van der Waals surface area (Å²) in [6.07, 6.45) is 2.05. The maximum atomic E-state index is 12.4. The number of rotatable bonds is 3. The van der Waals surface area contributed by atoms with Gasteiger partial charge in [0.25, 0.3) is 0 Å². The van der Waals surface area contributed by atoms with E-state index in [-0.39, 0.29) is 11.9 Å². The quantitative estimate of drug-likeness (QED) is 0.928. The van der Waals surface area contributed by atoms with Gasteiger partial charge < -0.3 is 10.2 Å². The number of piperidine rings is 1. The molecule has 1 N–H and O–H groups in total. The first-order chi connectivity index (χ1) is 9.47. The SMILES string of the molecule is CC1CCNC(C(=O)N(C)Cc2ccc(Cl)c(Cl)c2)C1. The number of nitrogens with zero attached hydrogens (tertiary/aromatic N) is 1. The molecule has 2 unspecified atom stereocenters. The smallest absolute Gasteiger partial charge is 0.239 e. The van der Waals surface area contributed by atoms with Crippen LogP contribution in [0.2, 0.25) is 10.0 Å². The van der Waals surface area contributed by atoms with Gasteiger partial charge in [-0.05, 0) is 43.0 Å². The molecule has 0 saturated carbocycles. The Hall–Kier alpha value is -0.770. The van der Waals surface area contributed by atoms with Gasteiger partial charge in [-0.2, -0.15) is 0 Å². The van der Waals surface area contributed by atoms with Crippen LogP contribution in [0.15, 0.2) is 18.2 Å². The highest BCUT2D eigenvalue weighted by Crippen LogP contribution is 2.23. The zero-order valence-corrected chi connectivity index (χ0v) is 13.3. The van der Waals surface area contributed by atoms with Crippen molar-refractivity contribution in [3.63, 3.8) is 0 Å². The Bertz CT molecular complexity index is 493. The number of nitrogens with one attached hydrogen (secondary N) is 1. The minimum absolute atomic E-state index is 0.0634. The lowest BCUT2D eigenvalue weighted by Gasteiger charge is -2.30. The molecule has 2 rings (SSSR count). The van der Waals surface area contributed by atoms with Crippen LogP contribution in [0.25, 0.3) is 0 Å². The molecule has 1 aromatic rings. The molecule has 0 radical (unpaired) electrons. The normalized spacial score (nSPS) is 22.6. The second-order valence-electron chi connectivity index (χ2n) is 5.58.